The van der Waals surface area contributed by atoms with Crippen LogP contribution in [0.5, 0.6) is 0 Å². The zero-order chi connectivity index (χ0) is 51.4. The summed E-state index contributed by atoms with van der Waals surface area (Å²) in [5.41, 5.74) is 0. The average molecular weight is 1000 g/mol. The Labute approximate surface area is 443 Å². The molecule has 6 heteroatoms. The summed E-state index contributed by atoms with van der Waals surface area (Å²) in [5, 5.41) is 0. The number of carbonyl (C=O) groups is 3. The number of unbranched alkanes of at least 4 members (excludes halogenated alkanes) is 47. The summed E-state index contributed by atoms with van der Waals surface area (Å²) in [6.07, 6.45) is 70.7. The quantitative estimate of drug-likeness (QED) is 0.0261. The molecule has 0 bridgehead atoms. The van der Waals surface area contributed by atoms with Crippen molar-refractivity contribution in [1.82, 2.24) is 0 Å². The molecule has 0 aromatic heterocycles. The van der Waals surface area contributed by atoms with E-state index in [-0.39, 0.29) is 31.1 Å². The molecule has 0 heterocycles. The Hall–Kier alpha value is -1.85. The van der Waals surface area contributed by atoms with E-state index in [1.54, 1.807) is 0 Å². The third kappa shape index (κ3) is 58.9. The summed E-state index contributed by atoms with van der Waals surface area (Å²) in [7, 11) is 0. The molecular formula is C65H124O6. The van der Waals surface area contributed by atoms with Gasteiger partial charge in [0.05, 0.1) is 0 Å². The molecule has 420 valence electrons. The molecule has 0 N–H and O–H groups in total. The molecule has 0 aromatic rings. The second-order valence-corrected chi connectivity index (χ2v) is 22.0. The first-order valence-electron chi connectivity index (χ1n) is 32.2. The van der Waals surface area contributed by atoms with Gasteiger partial charge in [0.1, 0.15) is 13.2 Å². The van der Waals surface area contributed by atoms with E-state index in [9.17, 15) is 14.4 Å². The molecule has 0 fully saturated rings. The van der Waals surface area contributed by atoms with Crippen molar-refractivity contribution in [3.8, 4) is 0 Å². The van der Waals surface area contributed by atoms with Gasteiger partial charge in [-0.1, -0.05) is 315 Å². The highest BCUT2D eigenvalue weighted by molar-refractivity contribution is 5.71. The van der Waals surface area contributed by atoms with Gasteiger partial charge in [0.15, 0.2) is 6.10 Å². The molecule has 1 unspecified atom stereocenters. The number of esters is 3. The fourth-order valence-electron chi connectivity index (χ4n) is 9.91. The van der Waals surface area contributed by atoms with Gasteiger partial charge >= 0.3 is 17.9 Å². The van der Waals surface area contributed by atoms with Crippen molar-refractivity contribution in [2.75, 3.05) is 13.2 Å². The van der Waals surface area contributed by atoms with E-state index in [0.717, 1.165) is 64.2 Å². The Bertz CT molecular complexity index is 1100. The van der Waals surface area contributed by atoms with Gasteiger partial charge in [-0.05, 0) is 44.9 Å². The Balaban J connectivity index is 4.31. The molecule has 1 atom stereocenters. The van der Waals surface area contributed by atoms with Crippen molar-refractivity contribution < 1.29 is 28.6 Å². The maximum absolute atomic E-state index is 12.9. The first-order chi connectivity index (χ1) is 35.0. The summed E-state index contributed by atoms with van der Waals surface area (Å²) in [4.78, 5) is 38.3. The van der Waals surface area contributed by atoms with E-state index >= 15 is 0 Å². The predicted octanol–water partition coefficient (Wildman–Crippen LogP) is 21.7. The fourth-order valence-corrected chi connectivity index (χ4v) is 9.91. The van der Waals surface area contributed by atoms with Crippen LogP contribution in [0.3, 0.4) is 0 Å². The first kappa shape index (κ1) is 69.2. The van der Waals surface area contributed by atoms with Crippen LogP contribution in [0, 0.1) is 0 Å². The molecule has 0 amide bonds. The highest BCUT2D eigenvalue weighted by Crippen LogP contribution is 2.18. The standard InChI is InChI=1S/C65H124O6/c1-4-7-10-13-16-19-22-25-28-31-34-37-40-43-46-49-52-55-58-64(67)70-61-62(60-69-63(66)57-54-51-48-45-42-39-36-33-30-27-24-21-18-15-12-9-6-3)71-65(68)59-56-53-50-47-44-41-38-35-32-29-26-23-20-17-14-11-8-5-2/h34,37,62H,4-33,35-36,38-61H2,1-3H3/b37-34-. The first-order valence-corrected chi connectivity index (χ1v) is 32.2. The molecule has 0 radical (unpaired) electrons. The molecule has 0 rings (SSSR count). The van der Waals surface area contributed by atoms with E-state index in [2.05, 4.69) is 32.9 Å². The van der Waals surface area contributed by atoms with Crippen LogP contribution in [0.2, 0.25) is 0 Å². The Morgan fingerprint density at radius 1 is 0.268 bits per heavy atom. The lowest BCUT2D eigenvalue weighted by Crippen LogP contribution is -2.30. The van der Waals surface area contributed by atoms with Crippen LogP contribution in [0.1, 0.15) is 367 Å². The van der Waals surface area contributed by atoms with Gasteiger partial charge in [-0.15, -0.1) is 0 Å². The molecule has 0 spiro atoms. The monoisotopic (exact) mass is 1000 g/mol. The Kier molecular flexibility index (Phi) is 59.1. The van der Waals surface area contributed by atoms with Crippen molar-refractivity contribution in [3.05, 3.63) is 12.2 Å². The van der Waals surface area contributed by atoms with Crippen molar-refractivity contribution in [3.63, 3.8) is 0 Å². The molecule has 0 aliphatic rings. The van der Waals surface area contributed by atoms with E-state index in [4.69, 9.17) is 14.2 Å². The van der Waals surface area contributed by atoms with Crippen LogP contribution in [-0.4, -0.2) is 37.2 Å². The average Bonchev–Trinajstić information content (AvgIpc) is 3.37. The van der Waals surface area contributed by atoms with Crippen LogP contribution < -0.4 is 0 Å². The predicted molar refractivity (Wildman–Crippen MR) is 307 cm³/mol. The molecule has 0 aliphatic carbocycles. The Morgan fingerprint density at radius 2 is 0.465 bits per heavy atom. The molecule has 6 nitrogen and oxygen atoms in total. The minimum absolute atomic E-state index is 0.0659. The normalized spacial score (nSPS) is 12.0. The lowest BCUT2D eigenvalue weighted by atomic mass is 10.0. The van der Waals surface area contributed by atoms with E-state index in [1.807, 2.05) is 0 Å². The van der Waals surface area contributed by atoms with Gasteiger partial charge < -0.3 is 14.2 Å². The number of rotatable bonds is 60. The van der Waals surface area contributed by atoms with Gasteiger partial charge in [0.2, 0.25) is 0 Å². The maximum atomic E-state index is 12.9. The van der Waals surface area contributed by atoms with Crippen molar-refractivity contribution in [1.29, 1.82) is 0 Å². The number of carbonyl (C=O) groups excluding carboxylic acids is 3. The zero-order valence-corrected chi connectivity index (χ0v) is 48.3. The molecule has 71 heavy (non-hydrogen) atoms. The molecule has 0 saturated carbocycles. The third-order valence-corrected chi connectivity index (χ3v) is 14.8. The number of ether oxygens (including phenoxy) is 3. The van der Waals surface area contributed by atoms with Crippen LogP contribution >= 0.6 is 0 Å². The molecule has 0 aromatic carbocycles. The smallest absolute Gasteiger partial charge is 0.306 e. The molecule has 0 aliphatic heterocycles. The van der Waals surface area contributed by atoms with Gasteiger partial charge in [0.25, 0.3) is 0 Å². The topological polar surface area (TPSA) is 78.9 Å². The number of hydrogen-bond acceptors (Lipinski definition) is 6. The third-order valence-electron chi connectivity index (χ3n) is 14.8. The van der Waals surface area contributed by atoms with Crippen LogP contribution in [0.25, 0.3) is 0 Å². The summed E-state index contributed by atoms with van der Waals surface area (Å²) in [5.74, 6) is -0.843. The van der Waals surface area contributed by atoms with Gasteiger partial charge in [-0.2, -0.15) is 0 Å². The van der Waals surface area contributed by atoms with Crippen LogP contribution in [0.15, 0.2) is 12.2 Å². The van der Waals surface area contributed by atoms with Crippen molar-refractivity contribution in [2.45, 2.75) is 374 Å². The van der Waals surface area contributed by atoms with Crippen LogP contribution in [0.4, 0.5) is 0 Å². The van der Waals surface area contributed by atoms with Gasteiger partial charge in [-0.25, -0.2) is 0 Å². The second-order valence-electron chi connectivity index (χ2n) is 22.0. The lowest BCUT2D eigenvalue weighted by Gasteiger charge is -2.18. The second kappa shape index (κ2) is 60.7. The number of allylic oxidation sites excluding steroid dienone is 2. The summed E-state index contributed by atoms with van der Waals surface area (Å²) in [6, 6.07) is 0. The van der Waals surface area contributed by atoms with E-state index < -0.39 is 6.10 Å². The van der Waals surface area contributed by atoms with E-state index in [1.165, 1.54) is 263 Å². The fraction of sp³-hybridized carbons (Fsp3) is 0.923. The minimum Gasteiger partial charge on any atom is -0.462 e. The van der Waals surface area contributed by atoms with E-state index in [0.29, 0.717) is 19.3 Å². The SMILES string of the molecule is CCCCCCCCCCC/C=C\CCCCCCCC(=O)OCC(COC(=O)CCCCCCCCCCCCCCCCCCC)OC(=O)CCCCCCCCCCCCCCCCCCCC. The zero-order valence-electron chi connectivity index (χ0n) is 48.3. The Morgan fingerprint density at radius 3 is 0.704 bits per heavy atom. The van der Waals surface area contributed by atoms with Gasteiger partial charge in [0, 0.05) is 19.3 Å². The summed E-state index contributed by atoms with van der Waals surface area (Å²) in [6.45, 7) is 6.71. The number of hydrogen-bond donors (Lipinski definition) is 0. The lowest BCUT2D eigenvalue weighted by molar-refractivity contribution is -0.167. The van der Waals surface area contributed by atoms with Crippen molar-refractivity contribution >= 4 is 17.9 Å². The minimum atomic E-state index is -0.769. The largest absolute Gasteiger partial charge is 0.462 e. The molecular weight excluding hydrogens is 877 g/mol. The summed E-state index contributed by atoms with van der Waals surface area (Å²) < 4.78 is 17.0. The van der Waals surface area contributed by atoms with Gasteiger partial charge in [-0.3, -0.25) is 14.4 Å². The summed E-state index contributed by atoms with van der Waals surface area (Å²) >= 11 is 0. The molecule has 0 saturated heterocycles. The highest BCUT2D eigenvalue weighted by atomic mass is 16.6. The van der Waals surface area contributed by atoms with Crippen molar-refractivity contribution in [2.24, 2.45) is 0 Å². The van der Waals surface area contributed by atoms with Crippen LogP contribution in [-0.2, 0) is 28.6 Å². The highest BCUT2D eigenvalue weighted by Gasteiger charge is 2.19. The maximum Gasteiger partial charge on any atom is 0.306 e.